The van der Waals surface area contributed by atoms with Gasteiger partial charge in [0, 0.05) is 6.04 Å². The predicted molar refractivity (Wildman–Crippen MR) is 49.9 cm³/mol. The van der Waals surface area contributed by atoms with Crippen LogP contribution in [0.3, 0.4) is 0 Å². The van der Waals surface area contributed by atoms with Gasteiger partial charge in [0.1, 0.15) is 0 Å². The van der Waals surface area contributed by atoms with Crippen LogP contribution in [-0.4, -0.2) is 6.04 Å². The lowest BCUT2D eigenvalue weighted by Crippen LogP contribution is -2.27. The van der Waals surface area contributed by atoms with E-state index in [1.807, 2.05) is 0 Å². The molecule has 1 saturated carbocycles. The maximum Gasteiger partial charge on any atom is 0.00414 e. The zero-order chi connectivity index (χ0) is 7.40. The topological polar surface area (TPSA) is 61.0 Å². The smallest absolute Gasteiger partial charge is 0.00414 e. The van der Waals surface area contributed by atoms with Crippen LogP contribution in [0, 0.1) is 5.92 Å². The van der Waals surface area contributed by atoms with Crippen molar-refractivity contribution < 1.29 is 0 Å². The van der Waals surface area contributed by atoms with Crippen LogP contribution in [0.25, 0.3) is 0 Å². The van der Waals surface area contributed by atoms with Crippen molar-refractivity contribution in [3.8, 4) is 0 Å². The second-order valence-corrected chi connectivity index (χ2v) is 3.58. The predicted octanol–water partition coefficient (Wildman–Crippen LogP) is 2.47. The van der Waals surface area contributed by atoms with Gasteiger partial charge in [-0.25, -0.2) is 0 Å². The van der Waals surface area contributed by atoms with Crippen molar-refractivity contribution in [1.82, 2.24) is 6.15 Å². The summed E-state index contributed by atoms with van der Waals surface area (Å²) in [5.41, 5.74) is 5.86. The van der Waals surface area contributed by atoms with Crippen LogP contribution in [0.5, 0.6) is 0 Å². The molecular formula is C9H22N2. The first-order valence-electron chi connectivity index (χ1n) is 4.58. The molecule has 0 aromatic heterocycles. The van der Waals surface area contributed by atoms with Gasteiger partial charge in [0.15, 0.2) is 0 Å². The lowest BCUT2D eigenvalue weighted by Gasteiger charge is -2.25. The van der Waals surface area contributed by atoms with Crippen molar-refractivity contribution in [2.24, 2.45) is 11.7 Å². The van der Waals surface area contributed by atoms with E-state index in [1.165, 1.54) is 38.5 Å². The van der Waals surface area contributed by atoms with Crippen LogP contribution in [0.2, 0.25) is 0 Å². The molecule has 0 aromatic carbocycles. The molecule has 2 unspecified atom stereocenters. The average Bonchev–Trinajstić information content (AvgIpc) is 1.88. The first kappa shape index (κ1) is 10.9. The molecule has 2 atom stereocenters. The molecule has 2 heteroatoms. The van der Waals surface area contributed by atoms with Gasteiger partial charge in [0.05, 0.1) is 0 Å². The zero-order valence-corrected chi connectivity index (χ0v) is 7.68. The molecule has 0 spiro atoms. The molecule has 0 radical (unpaired) electrons. The number of nitrogens with two attached hydrogens (primary N) is 1. The molecular weight excluding hydrogens is 136 g/mol. The van der Waals surface area contributed by atoms with Gasteiger partial charge in [0.2, 0.25) is 0 Å². The molecule has 1 rings (SSSR count). The Labute approximate surface area is 70.1 Å². The fourth-order valence-corrected chi connectivity index (χ4v) is 2.00. The Hall–Kier alpha value is -0.0800. The van der Waals surface area contributed by atoms with Gasteiger partial charge < -0.3 is 11.9 Å². The minimum Gasteiger partial charge on any atom is -0.344 e. The number of hydrogen-bond donors (Lipinski definition) is 2. The second kappa shape index (κ2) is 5.56. The van der Waals surface area contributed by atoms with E-state index in [0.717, 1.165) is 5.92 Å². The molecule has 1 aliphatic rings. The van der Waals surface area contributed by atoms with E-state index < -0.39 is 0 Å². The quantitative estimate of drug-likeness (QED) is 0.648. The van der Waals surface area contributed by atoms with Gasteiger partial charge in [-0.2, -0.15) is 0 Å². The third-order valence-electron chi connectivity index (χ3n) is 2.52. The molecule has 0 bridgehead atoms. The largest absolute Gasteiger partial charge is 0.344 e. The van der Waals surface area contributed by atoms with Crippen LogP contribution in [0.4, 0.5) is 0 Å². The van der Waals surface area contributed by atoms with Crippen molar-refractivity contribution in [3.63, 3.8) is 0 Å². The Morgan fingerprint density at radius 3 is 2.64 bits per heavy atom. The fourth-order valence-electron chi connectivity index (χ4n) is 2.00. The molecule has 1 aliphatic carbocycles. The monoisotopic (exact) mass is 158 g/mol. The lowest BCUT2D eigenvalue weighted by molar-refractivity contribution is 0.305. The summed E-state index contributed by atoms with van der Waals surface area (Å²) >= 11 is 0. The lowest BCUT2D eigenvalue weighted by atomic mass is 9.84. The first-order valence-corrected chi connectivity index (χ1v) is 4.58. The highest BCUT2D eigenvalue weighted by atomic mass is 14.6. The van der Waals surface area contributed by atoms with Crippen molar-refractivity contribution >= 4 is 0 Å². The molecule has 0 amide bonds. The highest BCUT2D eigenvalue weighted by molar-refractivity contribution is 4.74. The standard InChI is InChI=1S/C9H19N.H3N/c1-2-4-8-5-3-6-9(10)7-8;/h8-9H,2-7,10H2,1H3;1H3. The van der Waals surface area contributed by atoms with Crippen LogP contribution in [0.1, 0.15) is 45.4 Å². The molecule has 0 saturated heterocycles. The molecule has 0 aromatic rings. The maximum absolute atomic E-state index is 5.86. The highest BCUT2D eigenvalue weighted by Gasteiger charge is 2.17. The fraction of sp³-hybridized carbons (Fsp3) is 1.00. The molecule has 1 fully saturated rings. The summed E-state index contributed by atoms with van der Waals surface area (Å²) in [6.45, 7) is 2.26. The first-order chi connectivity index (χ1) is 4.83. The highest BCUT2D eigenvalue weighted by Crippen LogP contribution is 2.26. The number of hydrogen-bond acceptors (Lipinski definition) is 2. The summed E-state index contributed by atoms with van der Waals surface area (Å²) in [6.07, 6.45) is 8.08. The van der Waals surface area contributed by atoms with E-state index >= 15 is 0 Å². The van der Waals surface area contributed by atoms with Gasteiger partial charge in [-0.1, -0.05) is 32.6 Å². The number of rotatable bonds is 2. The summed E-state index contributed by atoms with van der Waals surface area (Å²) in [5, 5.41) is 0. The summed E-state index contributed by atoms with van der Waals surface area (Å²) < 4.78 is 0. The van der Waals surface area contributed by atoms with Gasteiger partial charge >= 0.3 is 0 Å². The summed E-state index contributed by atoms with van der Waals surface area (Å²) in [5.74, 6) is 0.953. The Morgan fingerprint density at radius 1 is 1.36 bits per heavy atom. The van der Waals surface area contributed by atoms with E-state index in [9.17, 15) is 0 Å². The van der Waals surface area contributed by atoms with Crippen LogP contribution < -0.4 is 11.9 Å². The Balaban J connectivity index is 0.000001000. The Kier molecular flexibility index (Phi) is 5.51. The Bertz CT molecular complexity index is 91.6. The van der Waals surface area contributed by atoms with E-state index in [-0.39, 0.29) is 6.15 Å². The second-order valence-electron chi connectivity index (χ2n) is 3.58. The van der Waals surface area contributed by atoms with E-state index in [2.05, 4.69) is 6.92 Å². The summed E-state index contributed by atoms with van der Waals surface area (Å²) in [7, 11) is 0. The van der Waals surface area contributed by atoms with Gasteiger partial charge in [0.25, 0.3) is 0 Å². The van der Waals surface area contributed by atoms with Crippen molar-refractivity contribution in [2.45, 2.75) is 51.5 Å². The van der Waals surface area contributed by atoms with E-state index in [4.69, 9.17) is 5.73 Å². The molecule has 2 nitrogen and oxygen atoms in total. The summed E-state index contributed by atoms with van der Waals surface area (Å²) in [6, 6.07) is 0.519. The van der Waals surface area contributed by atoms with Crippen molar-refractivity contribution in [1.29, 1.82) is 0 Å². The summed E-state index contributed by atoms with van der Waals surface area (Å²) in [4.78, 5) is 0. The van der Waals surface area contributed by atoms with E-state index in [1.54, 1.807) is 0 Å². The van der Waals surface area contributed by atoms with Gasteiger partial charge in [-0.05, 0) is 18.8 Å². The van der Waals surface area contributed by atoms with E-state index in [0.29, 0.717) is 6.04 Å². The minimum absolute atomic E-state index is 0. The Morgan fingerprint density at radius 2 is 2.09 bits per heavy atom. The van der Waals surface area contributed by atoms with Crippen molar-refractivity contribution in [2.75, 3.05) is 0 Å². The van der Waals surface area contributed by atoms with Gasteiger partial charge in [-0.15, -0.1) is 0 Å². The molecule has 11 heavy (non-hydrogen) atoms. The van der Waals surface area contributed by atoms with Crippen LogP contribution in [-0.2, 0) is 0 Å². The molecule has 0 heterocycles. The molecule has 5 N–H and O–H groups in total. The van der Waals surface area contributed by atoms with Crippen LogP contribution in [0.15, 0.2) is 0 Å². The average molecular weight is 158 g/mol. The maximum atomic E-state index is 5.86. The minimum atomic E-state index is 0. The normalized spacial score (nSPS) is 31.1. The zero-order valence-electron chi connectivity index (χ0n) is 7.68. The molecule has 68 valence electrons. The van der Waals surface area contributed by atoms with Gasteiger partial charge in [-0.3, -0.25) is 0 Å². The SMILES string of the molecule is CCCC1CCCC(N)C1.N. The van der Waals surface area contributed by atoms with Crippen LogP contribution >= 0.6 is 0 Å². The third-order valence-corrected chi connectivity index (χ3v) is 2.52. The molecule has 0 aliphatic heterocycles. The third kappa shape index (κ3) is 3.73. The van der Waals surface area contributed by atoms with Crippen molar-refractivity contribution in [3.05, 3.63) is 0 Å².